The second-order valence-corrected chi connectivity index (χ2v) is 13.2. The molecule has 1 N–H and O–H groups in total. The molecule has 34 heavy (non-hydrogen) atoms. The van der Waals surface area contributed by atoms with E-state index in [0.29, 0.717) is 30.1 Å². The maximum absolute atomic E-state index is 14.4. The molecule has 8 atom stereocenters. The first-order valence-electron chi connectivity index (χ1n) is 13.7. The van der Waals surface area contributed by atoms with Gasteiger partial charge in [0.25, 0.3) is 5.92 Å². The lowest BCUT2D eigenvalue weighted by molar-refractivity contribution is -0.168. The van der Waals surface area contributed by atoms with Crippen LogP contribution < -0.4 is 0 Å². The normalized spacial score (nSPS) is 41.1. The molecule has 3 fully saturated rings. The molecule has 3 saturated carbocycles. The van der Waals surface area contributed by atoms with Crippen LogP contribution >= 0.6 is 0 Å². The number of rotatable bonds is 6. The van der Waals surface area contributed by atoms with Crippen LogP contribution in [0.4, 0.5) is 8.78 Å². The Morgan fingerprint density at radius 2 is 1.88 bits per heavy atom. The summed E-state index contributed by atoms with van der Waals surface area (Å²) in [5.41, 5.74) is -0.0320. The molecule has 0 aromatic carbocycles. The van der Waals surface area contributed by atoms with E-state index in [-0.39, 0.29) is 35.2 Å². The lowest BCUT2D eigenvalue weighted by Crippen LogP contribution is -2.51. The van der Waals surface area contributed by atoms with Gasteiger partial charge < -0.3 is 9.84 Å². The maximum atomic E-state index is 14.4. The van der Waals surface area contributed by atoms with E-state index >= 15 is 0 Å². The van der Waals surface area contributed by atoms with E-state index in [9.17, 15) is 18.7 Å². The largest absolute Gasteiger partial charge is 0.462 e. The van der Waals surface area contributed by atoms with E-state index in [2.05, 4.69) is 26.8 Å². The summed E-state index contributed by atoms with van der Waals surface area (Å²) in [5, 5.41) is 9.89. The molecule has 0 aliphatic heterocycles. The van der Waals surface area contributed by atoms with E-state index in [4.69, 9.17) is 4.74 Å². The Labute approximate surface area is 205 Å². The van der Waals surface area contributed by atoms with Crippen LogP contribution in [0, 0.1) is 40.4 Å². The minimum atomic E-state index is -3.05. The van der Waals surface area contributed by atoms with Crippen molar-refractivity contribution in [3.63, 3.8) is 0 Å². The quantitative estimate of drug-likeness (QED) is 0.320. The molecule has 0 radical (unpaired) electrons. The van der Waals surface area contributed by atoms with Gasteiger partial charge in [0.1, 0.15) is 11.7 Å². The van der Waals surface area contributed by atoms with Gasteiger partial charge >= 0.3 is 5.97 Å². The second-order valence-electron chi connectivity index (χ2n) is 13.2. The number of hydrogen-bond acceptors (Lipinski definition) is 3. The summed E-state index contributed by atoms with van der Waals surface area (Å²) in [5.74, 6) is -0.498. The van der Waals surface area contributed by atoms with E-state index in [1.54, 1.807) is 0 Å². The first kappa shape index (κ1) is 26.1. The van der Waals surface area contributed by atoms with Crippen molar-refractivity contribution in [3.8, 4) is 0 Å². The van der Waals surface area contributed by atoms with Gasteiger partial charge in [0.15, 0.2) is 0 Å². The standard InChI is InChI=1S/C29H46F2O3/c1-18(11-16-29(30,31)26(3,4)33)23-9-10-24-22-8-7-20-17-21(34-19(2)32)12-14-27(20,5)25(22)13-15-28(23,24)6/h7,18,21-25,33H,8-17H2,1-6H3/t18-,21-,22+,23-,24+,25+,27+,28-/m1/s1. The number of esters is 1. The summed E-state index contributed by atoms with van der Waals surface area (Å²) in [6, 6.07) is 0. The SMILES string of the molecule is CC(=O)O[C@@H]1CC[C@@]2(C)C(=CC[C@H]3[C@@H]4CC[C@H]([C@H](C)CCC(F)(F)C(C)(C)O)[C@@]4(C)CC[C@@H]32)C1. The average Bonchev–Trinajstić information content (AvgIpc) is 3.08. The molecule has 5 heteroatoms. The van der Waals surface area contributed by atoms with Crippen LogP contribution in [-0.2, 0) is 9.53 Å². The van der Waals surface area contributed by atoms with E-state index < -0.39 is 11.5 Å². The Morgan fingerprint density at radius 1 is 1.18 bits per heavy atom. The minimum absolute atomic E-state index is 0.0287. The van der Waals surface area contributed by atoms with Crippen LogP contribution in [0.3, 0.4) is 0 Å². The van der Waals surface area contributed by atoms with Crippen LogP contribution in [-0.4, -0.2) is 28.7 Å². The zero-order valence-electron chi connectivity index (χ0n) is 22.1. The van der Waals surface area contributed by atoms with Gasteiger partial charge in [0.2, 0.25) is 0 Å². The number of allylic oxidation sites excluding steroid dienone is 1. The van der Waals surface area contributed by atoms with E-state index in [1.165, 1.54) is 45.6 Å². The Kier molecular flexibility index (Phi) is 6.80. The fraction of sp³-hybridized carbons (Fsp3) is 0.897. The van der Waals surface area contributed by atoms with Gasteiger partial charge in [-0.2, -0.15) is 0 Å². The Morgan fingerprint density at radius 3 is 2.53 bits per heavy atom. The molecule has 4 rings (SSSR count). The highest BCUT2D eigenvalue weighted by Crippen LogP contribution is 2.67. The molecule has 4 aliphatic carbocycles. The van der Waals surface area contributed by atoms with Crippen molar-refractivity contribution in [2.75, 3.05) is 0 Å². The molecular formula is C29H46F2O3. The van der Waals surface area contributed by atoms with Crippen LogP contribution in [0.25, 0.3) is 0 Å². The molecule has 0 heterocycles. The summed E-state index contributed by atoms with van der Waals surface area (Å²) in [6.07, 6.45) is 11.5. The number of aliphatic hydroxyl groups is 1. The first-order chi connectivity index (χ1) is 15.7. The monoisotopic (exact) mass is 480 g/mol. The van der Waals surface area contributed by atoms with Gasteiger partial charge in [-0.25, -0.2) is 8.78 Å². The highest BCUT2D eigenvalue weighted by atomic mass is 19.3. The van der Waals surface area contributed by atoms with Gasteiger partial charge in [-0.05, 0) is 106 Å². The molecule has 4 aliphatic rings. The van der Waals surface area contributed by atoms with Gasteiger partial charge in [0.05, 0.1) is 0 Å². The molecule has 3 nitrogen and oxygen atoms in total. The number of halogens is 2. The maximum Gasteiger partial charge on any atom is 0.302 e. The topological polar surface area (TPSA) is 46.5 Å². The van der Waals surface area contributed by atoms with Gasteiger partial charge in [-0.1, -0.05) is 32.4 Å². The van der Waals surface area contributed by atoms with Crippen molar-refractivity contribution >= 4 is 5.97 Å². The second kappa shape index (κ2) is 8.85. The first-order valence-corrected chi connectivity index (χ1v) is 13.7. The van der Waals surface area contributed by atoms with Crippen LogP contribution in [0.5, 0.6) is 0 Å². The van der Waals surface area contributed by atoms with Crippen LogP contribution in [0.1, 0.15) is 106 Å². The number of alkyl halides is 2. The molecule has 0 unspecified atom stereocenters. The molecule has 0 bridgehead atoms. The van der Waals surface area contributed by atoms with Crippen molar-refractivity contribution in [2.24, 2.45) is 40.4 Å². The summed E-state index contributed by atoms with van der Waals surface area (Å²) < 4.78 is 34.4. The fourth-order valence-corrected chi connectivity index (χ4v) is 8.85. The average molecular weight is 481 g/mol. The van der Waals surface area contributed by atoms with Crippen molar-refractivity contribution in [1.29, 1.82) is 0 Å². The lowest BCUT2D eigenvalue weighted by atomic mass is 9.47. The third kappa shape index (κ3) is 4.37. The lowest BCUT2D eigenvalue weighted by Gasteiger charge is -2.58. The summed E-state index contributed by atoms with van der Waals surface area (Å²) >= 11 is 0. The Balaban J connectivity index is 1.46. The van der Waals surface area contributed by atoms with Gasteiger partial charge in [-0.15, -0.1) is 0 Å². The Hall–Kier alpha value is -0.970. The fourth-order valence-electron chi connectivity index (χ4n) is 8.85. The van der Waals surface area contributed by atoms with E-state index in [1.807, 2.05) is 0 Å². The van der Waals surface area contributed by atoms with Crippen molar-refractivity contribution < 1.29 is 23.4 Å². The van der Waals surface area contributed by atoms with Crippen LogP contribution in [0.15, 0.2) is 11.6 Å². The third-order valence-electron chi connectivity index (χ3n) is 11.0. The van der Waals surface area contributed by atoms with Crippen LogP contribution in [0.2, 0.25) is 0 Å². The van der Waals surface area contributed by atoms with Gasteiger partial charge in [0, 0.05) is 19.8 Å². The molecule has 0 aromatic heterocycles. The van der Waals surface area contributed by atoms with E-state index in [0.717, 1.165) is 32.1 Å². The predicted octanol–water partition coefficient (Wildman–Crippen LogP) is 7.32. The molecular weight excluding hydrogens is 434 g/mol. The summed E-state index contributed by atoms with van der Waals surface area (Å²) in [7, 11) is 0. The van der Waals surface area contributed by atoms with Gasteiger partial charge in [-0.3, -0.25) is 4.79 Å². The minimum Gasteiger partial charge on any atom is -0.462 e. The highest BCUT2D eigenvalue weighted by Gasteiger charge is 2.59. The number of hydrogen-bond donors (Lipinski definition) is 1. The summed E-state index contributed by atoms with van der Waals surface area (Å²) in [4.78, 5) is 11.5. The highest BCUT2D eigenvalue weighted by molar-refractivity contribution is 5.66. The van der Waals surface area contributed by atoms with Crippen molar-refractivity contribution in [2.45, 2.75) is 123 Å². The molecule has 0 saturated heterocycles. The number of fused-ring (bicyclic) bond motifs is 5. The smallest absolute Gasteiger partial charge is 0.302 e. The molecule has 0 spiro atoms. The van der Waals surface area contributed by atoms with Crippen molar-refractivity contribution in [3.05, 3.63) is 11.6 Å². The zero-order valence-corrected chi connectivity index (χ0v) is 22.1. The third-order valence-corrected chi connectivity index (χ3v) is 11.0. The molecule has 0 amide bonds. The molecule has 0 aromatic rings. The Bertz CT molecular complexity index is 815. The van der Waals surface area contributed by atoms with Crippen molar-refractivity contribution in [1.82, 2.24) is 0 Å². The summed E-state index contributed by atoms with van der Waals surface area (Å²) in [6.45, 7) is 11.0. The number of carbonyl (C=O) groups excluding carboxylic acids is 1. The zero-order chi connectivity index (χ0) is 25.1. The molecule has 194 valence electrons. The predicted molar refractivity (Wildman–Crippen MR) is 130 cm³/mol. The number of ether oxygens (including phenoxy) is 1. The number of carbonyl (C=O) groups is 1.